The van der Waals surface area contributed by atoms with Crippen LogP contribution in [0.1, 0.15) is 28.4 Å². The molecule has 0 spiro atoms. The largest absolute Gasteiger partial charge is 0.497 e. The summed E-state index contributed by atoms with van der Waals surface area (Å²) in [5.41, 5.74) is 4.53. The minimum atomic E-state index is -0.942. The first kappa shape index (κ1) is 24.7. The van der Waals surface area contributed by atoms with Gasteiger partial charge in [0.2, 0.25) is 0 Å². The zero-order valence-electron chi connectivity index (χ0n) is 18.5. The van der Waals surface area contributed by atoms with Crippen LogP contribution in [0, 0.1) is 0 Å². The molecule has 0 aliphatic rings. The number of hydrazone groups is 1. The van der Waals surface area contributed by atoms with E-state index in [1.807, 2.05) is 19.1 Å². The summed E-state index contributed by atoms with van der Waals surface area (Å²) in [6.45, 7) is 2.02. The van der Waals surface area contributed by atoms with Crippen LogP contribution in [0.5, 0.6) is 11.5 Å². The first-order valence-corrected chi connectivity index (χ1v) is 11.1. The molecule has 3 aromatic rings. The fraction of sp³-hybridized carbons (Fsp3) is 0.120. The summed E-state index contributed by atoms with van der Waals surface area (Å²) in [5, 5.41) is 6.33. The van der Waals surface area contributed by atoms with E-state index in [9.17, 15) is 14.4 Å². The highest BCUT2D eigenvalue weighted by atomic mass is 79.9. The maximum absolute atomic E-state index is 12.5. The van der Waals surface area contributed by atoms with Gasteiger partial charge in [0.05, 0.1) is 18.9 Å². The average molecular weight is 524 g/mol. The SMILES string of the molecule is CCc1ccc(NC(=O)C(=O)N/N=C\c2cc(Br)ccc2OC(=O)c2ccc(OC)cc2)cc1. The van der Waals surface area contributed by atoms with Crippen molar-refractivity contribution in [3.05, 3.63) is 87.9 Å². The Bertz CT molecular complexity index is 1210. The highest BCUT2D eigenvalue weighted by Gasteiger charge is 2.14. The van der Waals surface area contributed by atoms with E-state index in [0.29, 0.717) is 27.0 Å². The van der Waals surface area contributed by atoms with Crippen LogP contribution in [0.15, 0.2) is 76.3 Å². The number of esters is 1. The van der Waals surface area contributed by atoms with Gasteiger partial charge in [-0.1, -0.05) is 35.0 Å². The van der Waals surface area contributed by atoms with E-state index in [2.05, 4.69) is 31.8 Å². The predicted molar refractivity (Wildman–Crippen MR) is 132 cm³/mol. The number of rotatable bonds is 7. The highest BCUT2D eigenvalue weighted by molar-refractivity contribution is 9.10. The second-order valence-corrected chi connectivity index (χ2v) is 7.92. The van der Waals surface area contributed by atoms with E-state index < -0.39 is 17.8 Å². The minimum Gasteiger partial charge on any atom is -0.497 e. The Hall–Kier alpha value is -3.98. The van der Waals surface area contributed by atoms with Crippen LogP contribution < -0.4 is 20.2 Å². The van der Waals surface area contributed by atoms with E-state index >= 15 is 0 Å². The number of ether oxygens (including phenoxy) is 2. The van der Waals surface area contributed by atoms with E-state index in [1.54, 1.807) is 54.6 Å². The van der Waals surface area contributed by atoms with Gasteiger partial charge in [0.1, 0.15) is 11.5 Å². The highest BCUT2D eigenvalue weighted by Crippen LogP contribution is 2.23. The van der Waals surface area contributed by atoms with Crippen molar-refractivity contribution in [2.45, 2.75) is 13.3 Å². The first-order valence-electron chi connectivity index (χ1n) is 10.3. The van der Waals surface area contributed by atoms with Gasteiger partial charge < -0.3 is 14.8 Å². The van der Waals surface area contributed by atoms with Crippen LogP contribution in [-0.4, -0.2) is 31.1 Å². The fourth-order valence-corrected chi connectivity index (χ4v) is 3.20. The van der Waals surface area contributed by atoms with Crippen molar-refractivity contribution < 1.29 is 23.9 Å². The van der Waals surface area contributed by atoms with Crippen LogP contribution >= 0.6 is 15.9 Å². The zero-order chi connectivity index (χ0) is 24.5. The monoisotopic (exact) mass is 523 g/mol. The topological polar surface area (TPSA) is 106 Å². The molecular formula is C25H22BrN3O5. The van der Waals surface area contributed by atoms with Gasteiger partial charge in [-0.3, -0.25) is 9.59 Å². The molecule has 0 aliphatic carbocycles. The van der Waals surface area contributed by atoms with Gasteiger partial charge in [-0.2, -0.15) is 5.10 Å². The maximum atomic E-state index is 12.5. The standard InChI is InChI=1S/C25H22BrN3O5/c1-3-16-4-9-20(10-5-16)28-23(30)24(31)29-27-15-18-14-19(26)8-13-22(18)34-25(32)17-6-11-21(33-2)12-7-17/h4-15H,3H2,1-2H3,(H,28,30)(H,29,31)/b27-15-. The van der Waals surface area contributed by atoms with Crippen molar-refractivity contribution in [1.29, 1.82) is 0 Å². The van der Waals surface area contributed by atoms with Crippen molar-refractivity contribution in [2.24, 2.45) is 5.10 Å². The maximum Gasteiger partial charge on any atom is 0.343 e. The number of amides is 2. The quantitative estimate of drug-likeness (QED) is 0.157. The number of hydrogen-bond acceptors (Lipinski definition) is 6. The van der Waals surface area contributed by atoms with Crippen LogP contribution in [0.4, 0.5) is 5.69 Å². The molecule has 0 bridgehead atoms. The molecule has 0 saturated carbocycles. The third kappa shape index (κ3) is 6.76. The first-order chi connectivity index (χ1) is 16.4. The molecule has 9 heteroatoms. The van der Waals surface area contributed by atoms with Crippen molar-refractivity contribution in [3.63, 3.8) is 0 Å². The lowest BCUT2D eigenvalue weighted by Gasteiger charge is -2.09. The molecule has 0 aromatic heterocycles. The van der Waals surface area contributed by atoms with Gasteiger partial charge >= 0.3 is 17.8 Å². The van der Waals surface area contributed by atoms with Crippen molar-refractivity contribution in [3.8, 4) is 11.5 Å². The molecule has 3 rings (SSSR count). The average Bonchev–Trinajstić information content (AvgIpc) is 2.85. The smallest absolute Gasteiger partial charge is 0.343 e. The number of nitrogens with one attached hydrogen (secondary N) is 2. The molecular weight excluding hydrogens is 502 g/mol. The van der Waals surface area contributed by atoms with Crippen LogP contribution in [0.25, 0.3) is 0 Å². The van der Waals surface area contributed by atoms with Gasteiger partial charge in [0.15, 0.2) is 0 Å². The Morgan fingerprint density at radius 3 is 2.32 bits per heavy atom. The van der Waals surface area contributed by atoms with Gasteiger partial charge in [-0.05, 0) is 66.6 Å². The molecule has 2 N–H and O–H groups in total. The summed E-state index contributed by atoms with van der Waals surface area (Å²) < 4.78 is 11.3. The summed E-state index contributed by atoms with van der Waals surface area (Å²) >= 11 is 3.35. The van der Waals surface area contributed by atoms with Crippen molar-refractivity contribution in [1.82, 2.24) is 5.43 Å². The van der Waals surface area contributed by atoms with Gasteiger partial charge in [0.25, 0.3) is 0 Å². The lowest BCUT2D eigenvalue weighted by atomic mass is 10.1. The Balaban J connectivity index is 1.64. The van der Waals surface area contributed by atoms with Crippen molar-refractivity contribution in [2.75, 3.05) is 12.4 Å². The normalized spacial score (nSPS) is 10.6. The number of hydrogen-bond donors (Lipinski definition) is 2. The summed E-state index contributed by atoms with van der Waals surface area (Å²) in [6, 6.07) is 18.6. The molecule has 34 heavy (non-hydrogen) atoms. The Morgan fingerprint density at radius 1 is 0.971 bits per heavy atom. The molecule has 0 aliphatic heterocycles. The molecule has 0 unspecified atom stereocenters. The van der Waals surface area contributed by atoms with E-state index in [0.717, 1.165) is 12.0 Å². The van der Waals surface area contributed by atoms with Gasteiger partial charge in [0, 0.05) is 15.7 Å². The number of halogens is 1. The predicted octanol–water partition coefficient (Wildman–Crippen LogP) is 4.33. The van der Waals surface area contributed by atoms with Crippen molar-refractivity contribution >= 4 is 45.6 Å². The summed E-state index contributed by atoms with van der Waals surface area (Å²) in [5.74, 6) is -1.53. The summed E-state index contributed by atoms with van der Waals surface area (Å²) in [4.78, 5) is 36.7. The molecule has 0 fully saturated rings. The molecule has 8 nitrogen and oxygen atoms in total. The Labute approximate surface area is 205 Å². The lowest BCUT2D eigenvalue weighted by Crippen LogP contribution is -2.32. The number of benzene rings is 3. The lowest BCUT2D eigenvalue weighted by molar-refractivity contribution is -0.136. The molecule has 3 aromatic carbocycles. The third-order valence-corrected chi connectivity index (χ3v) is 5.19. The third-order valence-electron chi connectivity index (χ3n) is 4.70. The minimum absolute atomic E-state index is 0.225. The number of carbonyl (C=O) groups excluding carboxylic acids is 3. The van der Waals surface area contributed by atoms with E-state index in [-0.39, 0.29) is 5.75 Å². The number of carbonyl (C=O) groups is 3. The molecule has 2 amide bonds. The Kier molecular flexibility index (Phi) is 8.53. The van der Waals surface area contributed by atoms with E-state index in [1.165, 1.54) is 13.3 Å². The van der Waals surface area contributed by atoms with Gasteiger partial charge in [-0.15, -0.1) is 0 Å². The van der Waals surface area contributed by atoms with Gasteiger partial charge in [-0.25, -0.2) is 10.2 Å². The second kappa shape index (κ2) is 11.8. The zero-order valence-corrected chi connectivity index (χ0v) is 20.1. The molecule has 0 atom stereocenters. The van der Waals surface area contributed by atoms with Crippen LogP contribution in [0.2, 0.25) is 0 Å². The molecule has 0 saturated heterocycles. The summed E-state index contributed by atoms with van der Waals surface area (Å²) in [6.07, 6.45) is 2.15. The molecule has 174 valence electrons. The number of anilines is 1. The van der Waals surface area contributed by atoms with Crippen LogP contribution in [0.3, 0.4) is 0 Å². The number of nitrogens with zero attached hydrogens (tertiary/aromatic N) is 1. The summed E-state index contributed by atoms with van der Waals surface area (Å²) in [7, 11) is 1.53. The fourth-order valence-electron chi connectivity index (χ4n) is 2.82. The molecule has 0 heterocycles. The van der Waals surface area contributed by atoms with Crippen LogP contribution in [-0.2, 0) is 16.0 Å². The number of aryl methyl sites for hydroxylation is 1. The second-order valence-electron chi connectivity index (χ2n) is 7.00. The Morgan fingerprint density at radius 2 is 1.68 bits per heavy atom. The molecule has 0 radical (unpaired) electrons. The van der Waals surface area contributed by atoms with E-state index in [4.69, 9.17) is 9.47 Å². The number of methoxy groups -OCH3 is 1.